The maximum atomic E-state index is 13.4. The smallest absolute Gasteiger partial charge is 0.254 e. The van der Waals surface area contributed by atoms with Gasteiger partial charge in [0, 0.05) is 55.4 Å². The van der Waals surface area contributed by atoms with Gasteiger partial charge in [0.1, 0.15) is 0 Å². The number of nitrogens with one attached hydrogen (secondary N) is 1. The van der Waals surface area contributed by atoms with Crippen LogP contribution in [0.25, 0.3) is 5.78 Å². The maximum Gasteiger partial charge on any atom is 0.254 e. The van der Waals surface area contributed by atoms with Crippen molar-refractivity contribution < 1.29 is 9.59 Å². The molecule has 3 aromatic rings. The van der Waals surface area contributed by atoms with Gasteiger partial charge in [0.2, 0.25) is 11.1 Å². The Labute approximate surface area is 203 Å². The molecule has 3 heterocycles. The van der Waals surface area contributed by atoms with E-state index in [0.717, 1.165) is 29.9 Å². The zero-order valence-electron chi connectivity index (χ0n) is 20.0. The van der Waals surface area contributed by atoms with Gasteiger partial charge in [-0.3, -0.25) is 14.5 Å². The topological polar surface area (TPSA) is 95.7 Å². The van der Waals surface area contributed by atoms with Crippen LogP contribution in [0, 0.1) is 13.8 Å². The van der Waals surface area contributed by atoms with Gasteiger partial charge in [-0.05, 0) is 44.9 Å². The van der Waals surface area contributed by atoms with Crippen LogP contribution in [0.5, 0.6) is 0 Å². The van der Waals surface area contributed by atoms with E-state index < -0.39 is 0 Å². The molecule has 9 nitrogen and oxygen atoms in total. The summed E-state index contributed by atoms with van der Waals surface area (Å²) >= 11 is 1.50. The van der Waals surface area contributed by atoms with E-state index in [1.54, 1.807) is 4.52 Å². The fourth-order valence-corrected chi connectivity index (χ4v) is 4.99. The number of carbonyl (C=O) groups excluding carboxylic acids is 2. The molecule has 0 bridgehead atoms. The average Bonchev–Trinajstić information content (AvgIpc) is 3.08. The first-order chi connectivity index (χ1) is 16.4. The molecule has 1 aliphatic heterocycles. The largest absolute Gasteiger partial charge is 0.355 e. The molecule has 1 aliphatic rings. The molecule has 1 N–H and O–H groups in total. The molecule has 1 aromatic carbocycles. The van der Waals surface area contributed by atoms with Crippen molar-refractivity contribution in [1.82, 2.24) is 34.7 Å². The van der Waals surface area contributed by atoms with Crippen molar-refractivity contribution in [2.45, 2.75) is 38.1 Å². The Bertz CT molecular complexity index is 1180. The molecule has 2 aromatic heterocycles. The molecular weight excluding hydrogens is 450 g/mol. The minimum Gasteiger partial charge on any atom is -0.355 e. The Hall–Kier alpha value is -2.98. The molecule has 34 heavy (non-hydrogen) atoms. The predicted octanol–water partition coefficient (Wildman–Crippen LogP) is 2.32. The molecule has 0 spiro atoms. The third-order valence-corrected chi connectivity index (χ3v) is 6.71. The van der Waals surface area contributed by atoms with Gasteiger partial charge >= 0.3 is 0 Å². The summed E-state index contributed by atoms with van der Waals surface area (Å²) in [5, 5.41) is 8.04. The van der Waals surface area contributed by atoms with Crippen LogP contribution in [-0.4, -0.2) is 80.5 Å². The van der Waals surface area contributed by atoms with Crippen LogP contribution in [0.4, 0.5) is 0 Å². The monoisotopic (exact) mass is 481 g/mol. The number of benzene rings is 1. The first kappa shape index (κ1) is 24.2. The normalized spacial score (nSPS) is 14.9. The van der Waals surface area contributed by atoms with Crippen LogP contribution < -0.4 is 5.32 Å². The van der Waals surface area contributed by atoms with Gasteiger partial charge in [-0.2, -0.15) is 4.98 Å². The molecule has 4 rings (SSSR count). The van der Waals surface area contributed by atoms with Crippen molar-refractivity contribution >= 4 is 29.4 Å². The lowest BCUT2D eigenvalue weighted by Gasteiger charge is -2.22. The number of aryl methyl sites for hydroxylation is 2. The van der Waals surface area contributed by atoms with Gasteiger partial charge in [0.25, 0.3) is 11.7 Å². The maximum absolute atomic E-state index is 13.4. The van der Waals surface area contributed by atoms with Gasteiger partial charge in [-0.25, -0.2) is 9.50 Å². The van der Waals surface area contributed by atoms with E-state index >= 15 is 0 Å². The molecule has 10 heteroatoms. The molecule has 0 unspecified atom stereocenters. The summed E-state index contributed by atoms with van der Waals surface area (Å²) in [5.74, 6) is 1.25. The Kier molecular flexibility index (Phi) is 7.79. The number of fused-ring (bicyclic) bond motifs is 1. The van der Waals surface area contributed by atoms with Crippen LogP contribution >= 0.6 is 11.8 Å². The zero-order chi connectivity index (χ0) is 24.1. The van der Waals surface area contributed by atoms with E-state index in [2.05, 4.69) is 25.3 Å². The number of nitrogens with zero attached hydrogens (tertiary/aromatic N) is 6. The summed E-state index contributed by atoms with van der Waals surface area (Å²) in [7, 11) is 0. The highest BCUT2D eigenvalue weighted by atomic mass is 32.2. The van der Waals surface area contributed by atoms with E-state index in [0.29, 0.717) is 55.0 Å². The number of hydrogen-bond acceptors (Lipinski definition) is 7. The molecular formula is C24H31N7O2S. The van der Waals surface area contributed by atoms with Gasteiger partial charge < -0.3 is 10.2 Å². The van der Waals surface area contributed by atoms with Crippen LogP contribution in [0.15, 0.2) is 35.5 Å². The SMILES string of the molecule is CCNC(=O)CN1CCCN(C(=O)c2ccccc2CSc2nc3nc(C)cc(C)n3n2)CC1. The minimum absolute atomic E-state index is 0.0331. The van der Waals surface area contributed by atoms with Gasteiger partial charge in [0.15, 0.2) is 0 Å². The third kappa shape index (κ3) is 5.74. The van der Waals surface area contributed by atoms with Crippen molar-refractivity contribution in [2.24, 2.45) is 0 Å². The first-order valence-electron chi connectivity index (χ1n) is 11.6. The summed E-state index contributed by atoms with van der Waals surface area (Å²) in [5.41, 5.74) is 3.56. The molecule has 1 saturated heterocycles. The number of thioether (sulfide) groups is 1. The average molecular weight is 482 g/mol. The second-order valence-corrected chi connectivity index (χ2v) is 9.41. The summed E-state index contributed by atoms with van der Waals surface area (Å²) < 4.78 is 1.75. The lowest BCUT2D eigenvalue weighted by molar-refractivity contribution is -0.122. The fourth-order valence-electron chi connectivity index (χ4n) is 4.16. The lowest BCUT2D eigenvalue weighted by atomic mass is 10.1. The quantitative estimate of drug-likeness (QED) is 0.518. The number of aromatic nitrogens is 4. The second-order valence-electron chi connectivity index (χ2n) is 8.47. The van der Waals surface area contributed by atoms with Crippen molar-refractivity contribution in [3.05, 3.63) is 52.8 Å². The summed E-state index contributed by atoms with van der Waals surface area (Å²) in [6, 6.07) is 9.71. The number of amides is 2. The van der Waals surface area contributed by atoms with E-state index in [-0.39, 0.29) is 11.8 Å². The Balaban J connectivity index is 1.42. The highest BCUT2D eigenvalue weighted by molar-refractivity contribution is 7.98. The number of rotatable bonds is 7. The Morgan fingerprint density at radius 3 is 2.74 bits per heavy atom. The third-order valence-electron chi connectivity index (χ3n) is 5.82. The molecule has 180 valence electrons. The van der Waals surface area contributed by atoms with Gasteiger partial charge in [-0.15, -0.1) is 5.10 Å². The highest BCUT2D eigenvalue weighted by Gasteiger charge is 2.23. The standard InChI is InChI=1S/C24H31N7O2S/c1-4-25-21(32)15-29-10-7-11-30(13-12-29)22(33)20-9-6-5-8-19(20)16-34-24-27-23-26-17(2)14-18(3)31(23)28-24/h5-6,8-9,14H,4,7,10-13,15-16H2,1-3H3,(H,25,32). The molecule has 0 saturated carbocycles. The van der Waals surface area contributed by atoms with E-state index in [1.807, 2.05) is 56.0 Å². The summed E-state index contributed by atoms with van der Waals surface area (Å²) in [4.78, 5) is 38.4. The van der Waals surface area contributed by atoms with E-state index in [9.17, 15) is 9.59 Å². The zero-order valence-corrected chi connectivity index (χ0v) is 20.8. The van der Waals surface area contributed by atoms with Crippen LogP contribution in [0.3, 0.4) is 0 Å². The van der Waals surface area contributed by atoms with Crippen LogP contribution in [0.2, 0.25) is 0 Å². The van der Waals surface area contributed by atoms with Crippen molar-refractivity contribution in [1.29, 1.82) is 0 Å². The van der Waals surface area contributed by atoms with Gasteiger partial charge in [0.05, 0.1) is 6.54 Å². The van der Waals surface area contributed by atoms with Crippen molar-refractivity contribution in [3.63, 3.8) is 0 Å². The van der Waals surface area contributed by atoms with E-state index in [4.69, 9.17) is 0 Å². The molecule has 1 fully saturated rings. The summed E-state index contributed by atoms with van der Waals surface area (Å²) in [6.07, 6.45) is 0.846. The van der Waals surface area contributed by atoms with E-state index in [1.165, 1.54) is 11.8 Å². The number of carbonyl (C=O) groups is 2. The Morgan fingerprint density at radius 2 is 1.91 bits per heavy atom. The van der Waals surface area contributed by atoms with Crippen LogP contribution in [-0.2, 0) is 10.5 Å². The number of hydrogen-bond donors (Lipinski definition) is 1. The Morgan fingerprint density at radius 1 is 1.09 bits per heavy atom. The molecule has 2 amide bonds. The van der Waals surface area contributed by atoms with Crippen molar-refractivity contribution in [3.8, 4) is 0 Å². The summed E-state index contributed by atoms with van der Waals surface area (Å²) in [6.45, 7) is 9.65. The van der Waals surface area contributed by atoms with Crippen molar-refractivity contribution in [2.75, 3.05) is 39.3 Å². The second kappa shape index (κ2) is 11.0. The molecule has 0 radical (unpaired) electrons. The fraction of sp³-hybridized carbons (Fsp3) is 0.458. The lowest BCUT2D eigenvalue weighted by Crippen LogP contribution is -2.40. The minimum atomic E-state index is 0.0331. The molecule has 0 aliphatic carbocycles. The predicted molar refractivity (Wildman–Crippen MR) is 132 cm³/mol. The van der Waals surface area contributed by atoms with Crippen LogP contribution in [0.1, 0.15) is 40.7 Å². The first-order valence-corrected chi connectivity index (χ1v) is 12.6. The highest BCUT2D eigenvalue weighted by Crippen LogP contribution is 2.24. The number of likely N-dealkylation sites (N-methyl/N-ethyl adjacent to an activating group) is 1. The van der Waals surface area contributed by atoms with Gasteiger partial charge in [-0.1, -0.05) is 30.0 Å². The molecule has 0 atom stereocenters.